The number of carbonyl (C=O) groups excluding carboxylic acids is 2. The van der Waals surface area contributed by atoms with Crippen LogP contribution >= 0.6 is 0 Å². The van der Waals surface area contributed by atoms with Crippen molar-refractivity contribution in [2.24, 2.45) is 0 Å². The van der Waals surface area contributed by atoms with Crippen LogP contribution in [0.15, 0.2) is 59.2 Å². The van der Waals surface area contributed by atoms with Gasteiger partial charge in [0.25, 0.3) is 5.91 Å². The Morgan fingerprint density at radius 3 is 2.28 bits per heavy atom. The third-order valence-electron chi connectivity index (χ3n) is 3.83. The molecule has 5 nitrogen and oxygen atoms in total. The third kappa shape index (κ3) is 4.01. The fraction of sp³-hybridized carbons (Fsp3) is 0.150. The second kappa shape index (κ2) is 7.13. The number of rotatable bonds is 5. The zero-order chi connectivity index (χ0) is 17.8. The summed E-state index contributed by atoms with van der Waals surface area (Å²) in [5, 5.41) is 2.79. The van der Waals surface area contributed by atoms with E-state index >= 15 is 0 Å². The molecule has 3 aromatic rings. The fourth-order valence-corrected chi connectivity index (χ4v) is 2.35. The molecule has 1 heterocycles. The van der Waals surface area contributed by atoms with Gasteiger partial charge in [0.1, 0.15) is 6.26 Å². The highest BCUT2D eigenvalue weighted by Crippen LogP contribution is 2.19. The summed E-state index contributed by atoms with van der Waals surface area (Å²) in [5.74, 6) is 0.267. The molecule has 0 bridgehead atoms. The van der Waals surface area contributed by atoms with Crippen molar-refractivity contribution in [3.63, 3.8) is 0 Å². The predicted molar refractivity (Wildman–Crippen MR) is 94.3 cm³/mol. The Hall–Kier alpha value is -3.21. The number of hydrogen-bond donors (Lipinski definition) is 1. The van der Waals surface area contributed by atoms with Crippen LogP contribution in [-0.4, -0.2) is 16.7 Å². The van der Waals surface area contributed by atoms with E-state index in [2.05, 4.69) is 10.3 Å². The lowest BCUT2D eigenvalue weighted by molar-refractivity contribution is 0.0948. The number of amides is 1. The number of oxazole rings is 1. The highest BCUT2D eigenvalue weighted by atomic mass is 16.3. The van der Waals surface area contributed by atoms with Gasteiger partial charge in [-0.1, -0.05) is 29.8 Å². The molecular formula is C20H18N2O3. The fourth-order valence-electron chi connectivity index (χ4n) is 2.35. The van der Waals surface area contributed by atoms with Crippen LogP contribution in [0.25, 0.3) is 11.5 Å². The number of nitrogens with zero attached hydrogens (tertiary/aromatic N) is 1. The van der Waals surface area contributed by atoms with E-state index in [4.69, 9.17) is 4.42 Å². The van der Waals surface area contributed by atoms with Gasteiger partial charge >= 0.3 is 0 Å². The Bertz CT molecular complexity index is 893. The Balaban J connectivity index is 1.62. The minimum Gasteiger partial charge on any atom is -0.444 e. The molecule has 5 heteroatoms. The molecule has 25 heavy (non-hydrogen) atoms. The quantitative estimate of drug-likeness (QED) is 0.721. The second-order valence-electron chi connectivity index (χ2n) is 5.83. The van der Waals surface area contributed by atoms with Crippen molar-refractivity contribution < 1.29 is 14.0 Å². The molecule has 126 valence electrons. The topological polar surface area (TPSA) is 72.2 Å². The average Bonchev–Trinajstić information content (AvgIpc) is 3.09. The maximum absolute atomic E-state index is 12.2. The van der Waals surface area contributed by atoms with Gasteiger partial charge in [-0.2, -0.15) is 0 Å². The van der Waals surface area contributed by atoms with Crippen molar-refractivity contribution in [3.8, 4) is 11.5 Å². The molecule has 0 fully saturated rings. The normalized spacial score (nSPS) is 10.5. The van der Waals surface area contributed by atoms with Crippen molar-refractivity contribution in [2.75, 3.05) is 0 Å². The van der Waals surface area contributed by atoms with Gasteiger partial charge in [0.15, 0.2) is 5.78 Å². The first-order chi connectivity index (χ1) is 12.0. The molecule has 0 aliphatic rings. The van der Waals surface area contributed by atoms with E-state index in [1.165, 1.54) is 18.8 Å². The van der Waals surface area contributed by atoms with Gasteiger partial charge in [0.05, 0.1) is 12.2 Å². The van der Waals surface area contributed by atoms with Gasteiger partial charge in [0, 0.05) is 16.7 Å². The summed E-state index contributed by atoms with van der Waals surface area (Å²) in [6, 6.07) is 14.4. The number of benzene rings is 2. The number of ketones is 1. The van der Waals surface area contributed by atoms with E-state index in [0.29, 0.717) is 22.7 Å². The largest absolute Gasteiger partial charge is 0.444 e. The number of hydrogen-bond acceptors (Lipinski definition) is 4. The predicted octanol–water partition coefficient (Wildman–Crippen LogP) is 3.78. The van der Waals surface area contributed by atoms with Gasteiger partial charge in [-0.05, 0) is 38.1 Å². The summed E-state index contributed by atoms with van der Waals surface area (Å²) >= 11 is 0. The van der Waals surface area contributed by atoms with E-state index in [1.54, 1.807) is 24.3 Å². The number of carbonyl (C=O) groups is 2. The standard InChI is InChI=1S/C20H18N2O3/c1-13-3-5-17(6-4-13)20-22-18(12-25-20)11-21-19(24)16-9-7-15(8-10-16)14(2)23/h3-10,12H,11H2,1-2H3,(H,21,24). The number of nitrogens with one attached hydrogen (secondary N) is 1. The molecule has 0 unspecified atom stereocenters. The highest BCUT2D eigenvalue weighted by molar-refractivity contribution is 5.97. The maximum Gasteiger partial charge on any atom is 0.251 e. The summed E-state index contributed by atoms with van der Waals surface area (Å²) < 4.78 is 5.47. The van der Waals surface area contributed by atoms with Crippen molar-refractivity contribution in [3.05, 3.63) is 77.2 Å². The van der Waals surface area contributed by atoms with Gasteiger partial charge in [0.2, 0.25) is 5.89 Å². The average molecular weight is 334 g/mol. The number of aromatic nitrogens is 1. The summed E-state index contributed by atoms with van der Waals surface area (Å²) in [4.78, 5) is 27.8. The van der Waals surface area contributed by atoms with Gasteiger partial charge in [-0.3, -0.25) is 9.59 Å². The van der Waals surface area contributed by atoms with Gasteiger partial charge < -0.3 is 9.73 Å². The minimum absolute atomic E-state index is 0.0295. The van der Waals surface area contributed by atoms with E-state index in [9.17, 15) is 9.59 Å². The third-order valence-corrected chi connectivity index (χ3v) is 3.83. The summed E-state index contributed by atoms with van der Waals surface area (Å²) in [7, 11) is 0. The first-order valence-electron chi connectivity index (χ1n) is 7.93. The molecule has 3 rings (SSSR count). The monoisotopic (exact) mass is 334 g/mol. The maximum atomic E-state index is 12.2. The van der Waals surface area contributed by atoms with Crippen LogP contribution in [0.3, 0.4) is 0 Å². The summed E-state index contributed by atoms with van der Waals surface area (Å²) in [6.07, 6.45) is 1.54. The van der Waals surface area contributed by atoms with Crippen molar-refractivity contribution in [1.82, 2.24) is 10.3 Å². The molecule has 1 N–H and O–H groups in total. The molecule has 2 aromatic carbocycles. The summed E-state index contributed by atoms with van der Waals surface area (Å²) in [5.41, 5.74) is 3.77. The van der Waals surface area contributed by atoms with Crippen molar-refractivity contribution in [2.45, 2.75) is 20.4 Å². The molecule has 0 radical (unpaired) electrons. The highest BCUT2D eigenvalue weighted by Gasteiger charge is 2.10. The van der Waals surface area contributed by atoms with Crippen LogP contribution in [-0.2, 0) is 6.54 Å². The smallest absolute Gasteiger partial charge is 0.251 e. The molecular weight excluding hydrogens is 316 g/mol. The molecule has 0 saturated carbocycles. The zero-order valence-corrected chi connectivity index (χ0v) is 14.1. The first-order valence-corrected chi connectivity index (χ1v) is 7.93. The molecule has 1 aromatic heterocycles. The second-order valence-corrected chi connectivity index (χ2v) is 5.83. The number of aryl methyl sites for hydroxylation is 1. The van der Waals surface area contributed by atoms with E-state index in [0.717, 1.165) is 5.56 Å². The van der Waals surface area contributed by atoms with Crippen LogP contribution in [0.4, 0.5) is 0 Å². The van der Waals surface area contributed by atoms with Crippen molar-refractivity contribution in [1.29, 1.82) is 0 Å². The van der Waals surface area contributed by atoms with Crippen LogP contribution in [0.5, 0.6) is 0 Å². The van der Waals surface area contributed by atoms with E-state index in [-0.39, 0.29) is 18.2 Å². The van der Waals surface area contributed by atoms with Crippen LogP contribution < -0.4 is 5.32 Å². The molecule has 0 aliphatic carbocycles. The first kappa shape index (κ1) is 16.6. The lowest BCUT2D eigenvalue weighted by Crippen LogP contribution is -2.22. The molecule has 1 amide bonds. The summed E-state index contributed by atoms with van der Waals surface area (Å²) in [6.45, 7) is 3.77. The Morgan fingerprint density at radius 2 is 1.64 bits per heavy atom. The zero-order valence-electron chi connectivity index (χ0n) is 14.1. The Labute approximate surface area is 145 Å². The molecule has 0 spiro atoms. The van der Waals surface area contributed by atoms with Gasteiger partial charge in [-0.15, -0.1) is 0 Å². The minimum atomic E-state index is -0.227. The van der Waals surface area contributed by atoms with Crippen LogP contribution in [0, 0.1) is 6.92 Å². The lowest BCUT2D eigenvalue weighted by Gasteiger charge is -2.03. The van der Waals surface area contributed by atoms with Crippen LogP contribution in [0.1, 0.15) is 38.9 Å². The Kier molecular flexibility index (Phi) is 4.75. The van der Waals surface area contributed by atoms with E-state index < -0.39 is 0 Å². The van der Waals surface area contributed by atoms with Crippen LogP contribution in [0.2, 0.25) is 0 Å². The number of Topliss-reactive ketones (excluding diaryl/α,β-unsaturated/α-hetero) is 1. The molecule has 0 aliphatic heterocycles. The lowest BCUT2D eigenvalue weighted by atomic mass is 10.1. The SMILES string of the molecule is CC(=O)c1ccc(C(=O)NCc2coc(-c3ccc(C)cc3)n2)cc1. The van der Waals surface area contributed by atoms with Gasteiger partial charge in [-0.25, -0.2) is 4.98 Å². The van der Waals surface area contributed by atoms with Crippen molar-refractivity contribution >= 4 is 11.7 Å². The Morgan fingerprint density at radius 1 is 1.00 bits per heavy atom. The molecule has 0 atom stereocenters. The molecule has 0 saturated heterocycles. The van der Waals surface area contributed by atoms with E-state index in [1.807, 2.05) is 31.2 Å².